The Morgan fingerprint density at radius 3 is 2.60 bits per heavy atom. The van der Waals surface area contributed by atoms with Gasteiger partial charge in [-0.25, -0.2) is 13.6 Å². The lowest BCUT2D eigenvalue weighted by molar-refractivity contribution is 0.0690. The van der Waals surface area contributed by atoms with Gasteiger partial charge in [0.05, 0.1) is 11.3 Å². The first kappa shape index (κ1) is 14.7. The standard InChI is InChI=1S/C14H18F2N2O2/c1-3-17-6-7-18(8-9(17)2)11-5-4-10(14(19)20)12(15)13(11)16/h4-5,9H,3,6-8H2,1-2H3,(H,19,20). The van der Waals surface area contributed by atoms with E-state index in [-0.39, 0.29) is 11.7 Å². The van der Waals surface area contributed by atoms with Crippen molar-refractivity contribution in [2.24, 2.45) is 0 Å². The fraction of sp³-hybridized carbons (Fsp3) is 0.500. The molecule has 0 spiro atoms. The van der Waals surface area contributed by atoms with Gasteiger partial charge in [0.25, 0.3) is 0 Å². The summed E-state index contributed by atoms with van der Waals surface area (Å²) in [5, 5.41) is 8.77. The van der Waals surface area contributed by atoms with Crippen molar-refractivity contribution in [1.29, 1.82) is 0 Å². The maximum absolute atomic E-state index is 14.0. The Hall–Kier alpha value is -1.69. The molecule has 0 saturated carbocycles. The largest absolute Gasteiger partial charge is 0.478 e. The molecule has 1 N–H and O–H groups in total. The molecule has 4 nitrogen and oxygen atoms in total. The average molecular weight is 284 g/mol. The average Bonchev–Trinajstić information content (AvgIpc) is 2.41. The number of hydrogen-bond donors (Lipinski definition) is 1. The Morgan fingerprint density at radius 2 is 2.05 bits per heavy atom. The lowest BCUT2D eigenvalue weighted by atomic mass is 10.1. The number of aromatic carboxylic acids is 1. The van der Waals surface area contributed by atoms with Crippen LogP contribution in [0.4, 0.5) is 14.5 Å². The highest BCUT2D eigenvalue weighted by molar-refractivity contribution is 5.88. The third-order valence-corrected chi connectivity index (χ3v) is 3.80. The van der Waals surface area contributed by atoms with Gasteiger partial charge in [0.1, 0.15) is 0 Å². The minimum Gasteiger partial charge on any atom is -0.478 e. The normalized spacial score (nSPS) is 20.2. The summed E-state index contributed by atoms with van der Waals surface area (Å²) in [5.41, 5.74) is -0.499. The molecule has 1 heterocycles. The topological polar surface area (TPSA) is 43.8 Å². The van der Waals surface area contributed by atoms with Gasteiger partial charge in [-0.3, -0.25) is 4.90 Å². The molecule has 20 heavy (non-hydrogen) atoms. The lowest BCUT2D eigenvalue weighted by Crippen LogP contribution is -2.52. The van der Waals surface area contributed by atoms with E-state index >= 15 is 0 Å². The van der Waals surface area contributed by atoms with E-state index in [9.17, 15) is 13.6 Å². The molecule has 1 saturated heterocycles. The summed E-state index contributed by atoms with van der Waals surface area (Å²) in [6.45, 7) is 6.99. The van der Waals surface area contributed by atoms with Crippen LogP contribution in [0.2, 0.25) is 0 Å². The van der Waals surface area contributed by atoms with E-state index in [4.69, 9.17) is 5.11 Å². The van der Waals surface area contributed by atoms with Gasteiger partial charge in [0.2, 0.25) is 0 Å². The Kier molecular flexibility index (Phi) is 4.23. The predicted octanol–water partition coefficient (Wildman–Crippen LogP) is 2.19. The molecule has 2 rings (SSSR count). The Bertz CT molecular complexity index is 522. The minimum absolute atomic E-state index is 0.134. The van der Waals surface area contributed by atoms with E-state index in [0.29, 0.717) is 13.1 Å². The summed E-state index contributed by atoms with van der Waals surface area (Å²) in [5.74, 6) is -3.83. The van der Waals surface area contributed by atoms with Crippen molar-refractivity contribution in [3.8, 4) is 0 Å². The van der Waals surface area contributed by atoms with Gasteiger partial charge in [0.15, 0.2) is 11.6 Å². The fourth-order valence-corrected chi connectivity index (χ4v) is 2.63. The monoisotopic (exact) mass is 284 g/mol. The number of benzene rings is 1. The second kappa shape index (κ2) is 5.75. The van der Waals surface area contributed by atoms with Crippen LogP contribution in [0, 0.1) is 11.6 Å². The second-order valence-corrected chi connectivity index (χ2v) is 4.99. The molecule has 1 aromatic carbocycles. The number of halogens is 2. The van der Waals surface area contributed by atoms with Gasteiger partial charge in [-0.15, -0.1) is 0 Å². The number of hydrogen-bond acceptors (Lipinski definition) is 3. The summed E-state index contributed by atoms with van der Waals surface area (Å²) < 4.78 is 27.7. The summed E-state index contributed by atoms with van der Waals surface area (Å²) in [4.78, 5) is 14.8. The molecule has 0 radical (unpaired) electrons. The van der Waals surface area contributed by atoms with Crippen LogP contribution >= 0.6 is 0 Å². The molecular weight excluding hydrogens is 266 g/mol. The van der Waals surface area contributed by atoms with E-state index in [1.807, 2.05) is 6.92 Å². The number of carboxylic acid groups (broad SMARTS) is 1. The zero-order chi connectivity index (χ0) is 14.9. The molecule has 1 fully saturated rings. The Morgan fingerprint density at radius 1 is 1.35 bits per heavy atom. The highest BCUT2D eigenvalue weighted by atomic mass is 19.2. The Labute approximate surface area is 116 Å². The number of piperazine rings is 1. The van der Waals surface area contributed by atoms with Crippen LogP contribution in [-0.2, 0) is 0 Å². The first-order chi connectivity index (χ1) is 9.45. The summed E-state index contributed by atoms with van der Waals surface area (Å²) >= 11 is 0. The number of likely N-dealkylation sites (N-methyl/N-ethyl adjacent to an activating group) is 1. The molecule has 110 valence electrons. The molecule has 1 atom stereocenters. The van der Waals surface area contributed by atoms with Crippen molar-refractivity contribution >= 4 is 11.7 Å². The molecule has 1 unspecified atom stereocenters. The summed E-state index contributed by atoms with van der Waals surface area (Å²) in [6.07, 6.45) is 0. The molecule has 0 amide bonds. The zero-order valence-corrected chi connectivity index (χ0v) is 11.6. The Balaban J connectivity index is 2.26. The van der Waals surface area contributed by atoms with Crippen LogP contribution < -0.4 is 4.90 Å². The molecular formula is C14H18F2N2O2. The maximum atomic E-state index is 14.0. The number of anilines is 1. The van der Waals surface area contributed by atoms with Crippen LogP contribution in [-0.4, -0.2) is 48.2 Å². The van der Waals surface area contributed by atoms with E-state index < -0.39 is 23.2 Å². The van der Waals surface area contributed by atoms with Crippen molar-refractivity contribution in [3.63, 3.8) is 0 Å². The van der Waals surface area contributed by atoms with E-state index in [0.717, 1.165) is 19.2 Å². The van der Waals surface area contributed by atoms with Crippen molar-refractivity contribution < 1.29 is 18.7 Å². The molecule has 1 aliphatic heterocycles. The first-order valence-electron chi connectivity index (χ1n) is 6.66. The third kappa shape index (κ3) is 2.60. The van der Waals surface area contributed by atoms with Crippen LogP contribution in [0.25, 0.3) is 0 Å². The molecule has 0 aliphatic carbocycles. The number of nitrogens with zero attached hydrogens (tertiary/aromatic N) is 2. The zero-order valence-electron chi connectivity index (χ0n) is 11.6. The predicted molar refractivity (Wildman–Crippen MR) is 72.2 cm³/mol. The minimum atomic E-state index is -1.46. The van der Waals surface area contributed by atoms with Crippen molar-refractivity contribution in [3.05, 3.63) is 29.3 Å². The van der Waals surface area contributed by atoms with Crippen LogP contribution in [0.3, 0.4) is 0 Å². The lowest BCUT2D eigenvalue weighted by Gasteiger charge is -2.40. The number of rotatable bonds is 3. The van der Waals surface area contributed by atoms with Crippen molar-refractivity contribution in [2.75, 3.05) is 31.1 Å². The molecule has 1 aliphatic rings. The van der Waals surface area contributed by atoms with Gasteiger partial charge in [-0.2, -0.15) is 0 Å². The van der Waals surface area contributed by atoms with Gasteiger partial charge >= 0.3 is 5.97 Å². The van der Waals surface area contributed by atoms with Crippen LogP contribution in [0.1, 0.15) is 24.2 Å². The second-order valence-electron chi connectivity index (χ2n) is 4.99. The molecule has 6 heteroatoms. The van der Waals surface area contributed by atoms with Gasteiger partial charge in [-0.05, 0) is 25.6 Å². The van der Waals surface area contributed by atoms with Crippen molar-refractivity contribution in [2.45, 2.75) is 19.9 Å². The molecule has 0 bridgehead atoms. The van der Waals surface area contributed by atoms with Crippen molar-refractivity contribution in [1.82, 2.24) is 4.90 Å². The quantitative estimate of drug-likeness (QED) is 0.924. The van der Waals surface area contributed by atoms with Gasteiger partial charge in [0, 0.05) is 25.7 Å². The fourth-order valence-electron chi connectivity index (χ4n) is 2.63. The number of carbonyl (C=O) groups is 1. The van der Waals surface area contributed by atoms with Crippen LogP contribution in [0.5, 0.6) is 0 Å². The highest BCUT2D eigenvalue weighted by Gasteiger charge is 2.26. The first-order valence-corrected chi connectivity index (χ1v) is 6.66. The van der Waals surface area contributed by atoms with E-state index in [1.54, 1.807) is 4.90 Å². The summed E-state index contributed by atoms with van der Waals surface area (Å²) in [7, 11) is 0. The van der Waals surface area contributed by atoms with E-state index in [2.05, 4.69) is 11.8 Å². The molecule has 0 aromatic heterocycles. The summed E-state index contributed by atoms with van der Waals surface area (Å²) in [6, 6.07) is 2.71. The maximum Gasteiger partial charge on any atom is 0.338 e. The molecule has 1 aromatic rings. The SMILES string of the molecule is CCN1CCN(c2ccc(C(=O)O)c(F)c2F)CC1C. The van der Waals surface area contributed by atoms with Gasteiger partial charge < -0.3 is 10.0 Å². The number of carboxylic acids is 1. The smallest absolute Gasteiger partial charge is 0.338 e. The van der Waals surface area contributed by atoms with Crippen LogP contribution in [0.15, 0.2) is 12.1 Å². The third-order valence-electron chi connectivity index (χ3n) is 3.80. The van der Waals surface area contributed by atoms with Gasteiger partial charge in [-0.1, -0.05) is 6.92 Å². The van der Waals surface area contributed by atoms with E-state index in [1.165, 1.54) is 6.07 Å². The highest BCUT2D eigenvalue weighted by Crippen LogP contribution is 2.26.